The van der Waals surface area contributed by atoms with Gasteiger partial charge in [-0.3, -0.25) is 15.1 Å². The zero-order valence-electron chi connectivity index (χ0n) is 15.9. The van der Waals surface area contributed by atoms with Crippen molar-refractivity contribution in [2.75, 3.05) is 25.0 Å². The Morgan fingerprint density at radius 3 is 2.67 bits per heavy atom. The van der Waals surface area contributed by atoms with Gasteiger partial charge in [0, 0.05) is 30.7 Å². The second kappa shape index (κ2) is 7.00. The lowest BCUT2D eigenvalue weighted by atomic mass is 9.92. The highest BCUT2D eigenvalue weighted by atomic mass is 32.1. The molecule has 0 saturated carbocycles. The van der Waals surface area contributed by atoms with Crippen molar-refractivity contribution < 1.29 is 4.79 Å². The van der Waals surface area contributed by atoms with E-state index in [1.165, 1.54) is 41.0 Å². The average molecular weight is 383 g/mol. The van der Waals surface area contributed by atoms with Crippen LogP contribution in [0.2, 0.25) is 0 Å². The molecule has 27 heavy (non-hydrogen) atoms. The van der Waals surface area contributed by atoms with Crippen LogP contribution in [0.25, 0.3) is 11.1 Å². The Balaban J connectivity index is 1.59. The third-order valence-electron chi connectivity index (χ3n) is 5.65. The van der Waals surface area contributed by atoms with Crippen LogP contribution in [0.5, 0.6) is 0 Å². The van der Waals surface area contributed by atoms with Gasteiger partial charge in [-0.05, 0) is 60.9 Å². The van der Waals surface area contributed by atoms with Gasteiger partial charge >= 0.3 is 0 Å². The number of guanidine groups is 1. The summed E-state index contributed by atoms with van der Waals surface area (Å²) >= 11 is 1.65. The first-order valence-corrected chi connectivity index (χ1v) is 10.4. The lowest BCUT2D eigenvalue weighted by Gasteiger charge is -2.38. The number of nitrogens with one attached hydrogen (secondary N) is 2. The van der Waals surface area contributed by atoms with Gasteiger partial charge in [0.25, 0.3) is 0 Å². The summed E-state index contributed by atoms with van der Waals surface area (Å²) in [6.45, 7) is 4.28. The number of thiophene rings is 1. The molecule has 0 bridgehead atoms. The zero-order chi connectivity index (χ0) is 19.0. The van der Waals surface area contributed by atoms with Gasteiger partial charge in [0.15, 0.2) is 5.96 Å². The predicted octanol–water partition coefficient (Wildman–Crippen LogP) is 4.01. The normalized spacial score (nSPS) is 23.5. The molecule has 0 radical (unpaired) electrons. The molecule has 5 nitrogen and oxygen atoms in total. The van der Waals surface area contributed by atoms with Crippen LogP contribution in [-0.4, -0.2) is 36.9 Å². The highest BCUT2D eigenvalue weighted by molar-refractivity contribution is 7.10. The van der Waals surface area contributed by atoms with Crippen molar-refractivity contribution in [1.29, 1.82) is 5.41 Å². The Morgan fingerprint density at radius 1 is 1.15 bits per heavy atom. The second-order valence-corrected chi connectivity index (χ2v) is 8.64. The first kappa shape index (κ1) is 18.0. The maximum Gasteiger partial charge on any atom is 0.231 e. The van der Waals surface area contributed by atoms with Gasteiger partial charge in [-0.15, -0.1) is 11.3 Å². The van der Waals surface area contributed by atoms with Crippen molar-refractivity contribution in [3.63, 3.8) is 0 Å². The van der Waals surface area contributed by atoms with Crippen LogP contribution in [0.4, 0.5) is 5.69 Å². The quantitative estimate of drug-likeness (QED) is 0.843. The van der Waals surface area contributed by atoms with Crippen molar-refractivity contribution in [2.24, 2.45) is 0 Å². The number of hydrogen-bond acceptors (Lipinski definition) is 4. The fourth-order valence-corrected chi connectivity index (χ4v) is 4.93. The number of hydrogen-bond donors (Lipinski definition) is 2. The first-order chi connectivity index (χ1) is 13.0. The SMILES string of the molecule is CN1C(=N)N[C@@](C)(c2cc(-c3cccc(N4CCCCC4)c3)cs2)CC1=O. The molecule has 2 aliphatic heterocycles. The van der Waals surface area contributed by atoms with Crippen LogP contribution >= 0.6 is 11.3 Å². The van der Waals surface area contributed by atoms with E-state index < -0.39 is 5.54 Å². The minimum atomic E-state index is -0.520. The molecule has 3 heterocycles. The van der Waals surface area contributed by atoms with Gasteiger partial charge in [0.05, 0.1) is 12.0 Å². The molecule has 1 amide bonds. The summed E-state index contributed by atoms with van der Waals surface area (Å²) in [7, 11) is 1.64. The molecule has 2 aliphatic rings. The number of amides is 1. The summed E-state index contributed by atoms with van der Waals surface area (Å²) in [4.78, 5) is 17.2. The summed E-state index contributed by atoms with van der Waals surface area (Å²) < 4.78 is 0. The Morgan fingerprint density at radius 2 is 1.93 bits per heavy atom. The van der Waals surface area contributed by atoms with Crippen molar-refractivity contribution in [1.82, 2.24) is 10.2 Å². The Kier molecular flexibility index (Phi) is 4.68. The Bertz CT molecular complexity index is 851. The molecule has 2 fully saturated rings. The third-order valence-corrected chi connectivity index (χ3v) is 6.85. The van der Waals surface area contributed by atoms with E-state index in [2.05, 4.69) is 45.9 Å². The Hall–Kier alpha value is -2.34. The number of carbonyl (C=O) groups excluding carboxylic acids is 1. The van der Waals surface area contributed by atoms with E-state index >= 15 is 0 Å². The van der Waals surface area contributed by atoms with Crippen LogP contribution in [0, 0.1) is 5.41 Å². The van der Waals surface area contributed by atoms with E-state index in [1.807, 2.05) is 6.92 Å². The molecule has 4 rings (SSSR count). The first-order valence-electron chi connectivity index (χ1n) is 9.54. The van der Waals surface area contributed by atoms with Crippen molar-refractivity contribution >= 4 is 28.9 Å². The second-order valence-electron chi connectivity index (χ2n) is 7.73. The molecule has 0 unspecified atom stereocenters. The predicted molar refractivity (Wildman–Crippen MR) is 111 cm³/mol. The topological polar surface area (TPSA) is 59.4 Å². The molecular weight excluding hydrogens is 356 g/mol. The minimum Gasteiger partial charge on any atom is -0.372 e. The van der Waals surface area contributed by atoms with Crippen molar-refractivity contribution in [2.45, 2.75) is 38.1 Å². The van der Waals surface area contributed by atoms with Gasteiger partial charge in [-0.1, -0.05) is 12.1 Å². The number of carbonyl (C=O) groups is 1. The highest BCUT2D eigenvalue weighted by Gasteiger charge is 2.38. The van der Waals surface area contributed by atoms with Gasteiger partial charge in [-0.2, -0.15) is 0 Å². The standard InChI is InChI=1S/C21H26N4OS/c1-21(13-19(26)24(2)20(22)23-21)18-12-16(14-27-18)15-7-6-8-17(11-15)25-9-4-3-5-10-25/h6-8,11-12,14H,3-5,9-10,13H2,1-2H3,(H2,22,23)/t21-/m1/s1. The molecule has 1 atom stereocenters. The van der Waals surface area contributed by atoms with Gasteiger partial charge in [0.2, 0.25) is 5.91 Å². The number of rotatable bonds is 3. The number of piperidine rings is 1. The highest BCUT2D eigenvalue weighted by Crippen LogP contribution is 2.37. The number of benzene rings is 1. The summed E-state index contributed by atoms with van der Waals surface area (Å²) in [5, 5.41) is 13.4. The number of nitrogens with zero attached hydrogens (tertiary/aromatic N) is 2. The van der Waals surface area contributed by atoms with Crippen LogP contribution in [0.15, 0.2) is 35.7 Å². The molecule has 2 saturated heterocycles. The molecule has 142 valence electrons. The fourth-order valence-electron chi connectivity index (χ4n) is 3.90. The van der Waals surface area contributed by atoms with Gasteiger partial charge < -0.3 is 10.2 Å². The molecule has 6 heteroatoms. The third kappa shape index (κ3) is 3.46. The van der Waals surface area contributed by atoms with Crippen molar-refractivity contribution in [3.8, 4) is 11.1 Å². The molecule has 2 N–H and O–H groups in total. The van der Waals surface area contributed by atoms with E-state index in [1.54, 1.807) is 18.4 Å². The summed E-state index contributed by atoms with van der Waals surface area (Å²) in [5.74, 6) is 0.138. The van der Waals surface area contributed by atoms with Crippen LogP contribution in [-0.2, 0) is 10.3 Å². The van der Waals surface area contributed by atoms with Crippen LogP contribution < -0.4 is 10.2 Å². The smallest absolute Gasteiger partial charge is 0.231 e. The lowest BCUT2D eigenvalue weighted by Crippen LogP contribution is -2.57. The average Bonchev–Trinajstić information content (AvgIpc) is 3.18. The van der Waals surface area contributed by atoms with E-state index in [-0.39, 0.29) is 11.9 Å². The van der Waals surface area contributed by atoms with Crippen LogP contribution in [0.1, 0.15) is 37.5 Å². The van der Waals surface area contributed by atoms with E-state index in [0.717, 1.165) is 18.0 Å². The molecular formula is C21H26N4OS. The maximum atomic E-state index is 12.2. The van der Waals surface area contributed by atoms with Crippen molar-refractivity contribution in [3.05, 3.63) is 40.6 Å². The van der Waals surface area contributed by atoms with E-state index in [9.17, 15) is 4.79 Å². The summed E-state index contributed by atoms with van der Waals surface area (Å²) in [6.07, 6.45) is 4.23. The molecule has 1 aromatic heterocycles. The Labute approximate surface area is 164 Å². The maximum absolute atomic E-state index is 12.2. The fraction of sp³-hybridized carbons (Fsp3) is 0.429. The minimum absolute atomic E-state index is 0.0247. The molecule has 0 aliphatic carbocycles. The lowest BCUT2D eigenvalue weighted by molar-refractivity contribution is -0.129. The zero-order valence-corrected chi connectivity index (χ0v) is 16.7. The number of anilines is 1. The van der Waals surface area contributed by atoms with E-state index in [4.69, 9.17) is 5.41 Å². The molecule has 0 spiro atoms. The largest absolute Gasteiger partial charge is 0.372 e. The summed E-state index contributed by atoms with van der Waals surface area (Å²) in [5.41, 5.74) is 3.16. The van der Waals surface area contributed by atoms with Gasteiger partial charge in [0.1, 0.15) is 0 Å². The monoisotopic (exact) mass is 382 g/mol. The molecule has 2 aromatic rings. The molecule has 1 aromatic carbocycles. The van der Waals surface area contributed by atoms with Crippen LogP contribution in [0.3, 0.4) is 0 Å². The summed E-state index contributed by atoms with van der Waals surface area (Å²) in [6, 6.07) is 10.9. The van der Waals surface area contributed by atoms with Gasteiger partial charge in [-0.25, -0.2) is 0 Å². The van der Waals surface area contributed by atoms with E-state index in [0.29, 0.717) is 6.42 Å².